The Labute approximate surface area is 110 Å². The Balaban J connectivity index is 1.84. The molecular weight excluding hydrogens is 250 g/mol. The molecular formula is C12H25N3O2S. The van der Waals surface area contributed by atoms with Crippen molar-refractivity contribution in [2.75, 3.05) is 32.7 Å². The number of likely N-dealkylation sites (tertiary alicyclic amines) is 1. The summed E-state index contributed by atoms with van der Waals surface area (Å²) in [6.45, 7) is 6.47. The van der Waals surface area contributed by atoms with Crippen LogP contribution in [0, 0.1) is 0 Å². The molecule has 0 amide bonds. The molecule has 106 valence electrons. The summed E-state index contributed by atoms with van der Waals surface area (Å²) in [6.07, 6.45) is 3.77. The largest absolute Gasteiger partial charge is 0.317 e. The van der Waals surface area contributed by atoms with E-state index in [1.807, 2.05) is 0 Å². The lowest BCUT2D eigenvalue weighted by Gasteiger charge is -2.26. The summed E-state index contributed by atoms with van der Waals surface area (Å²) in [6, 6.07) is 0.395. The number of rotatable bonds is 5. The molecule has 0 aromatic rings. The Morgan fingerprint density at radius 2 is 2.00 bits per heavy atom. The molecule has 2 saturated heterocycles. The Bertz CT molecular complexity index is 352. The highest BCUT2D eigenvalue weighted by molar-refractivity contribution is 7.90. The van der Waals surface area contributed by atoms with E-state index in [2.05, 4.69) is 21.9 Å². The minimum atomic E-state index is -3.12. The quantitative estimate of drug-likeness (QED) is 0.749. The van der Waals surface area contributed by atoms with Gasteiger partial charge >= 0.3 is 0 Å². The first kappa shape index (κ1) is 14.2. The van der Waals surface area contributed by atoms with Crippen molar-refractivity contribution in [3.63, 3.8) is 0 Å². The monoisotopic (exact) mass is 275 g/mol. The van der Waals surface area contributed by atoms with Gasteiger partial charge in [0.05, 0.1) is 5.25 Å². The predicted molar refractivity (Wildman–Crippen MR) is 73.1 cm³/mol. The molecule has 5 nitrogen and oxygen atoms in total. The minimum absolute atomic E-state index is 0.199. The maximum absolute atomic E-state index is 12.2. The summed E-state index contributed by atoms with van der Waals surface area (Å²) in [7, 11) is -3.12. The van der Waals surface area contributed by atoms with Crippen LogP contribution in [0.4, 0.5) is 0 Å². The molecule has 6 heteroatoms. The second-order valence-corrected chi connectivity index (χ2v) is 7.31. The van der Waals surface area contributed by atoms with E-state index in [1.165, 1.54) is 6.42 Å². The highest BCUT2D eigenvalue weighted by Crippen LogP contribution is 2.17. The van der Waals surface area contributed by atoms with Gasteiger partial charge in [0.1, 0.15) is 0 Å². The summed E-state index contributed by atoms with van der Waals surface area (Å²) in [5.74, 6) is 0. The van der Waals surface area contributed by atoms with Crippen molar-refractivity contribution in [2.45, 2.75) is 43.9 Å². The Kier molecular flexibility index (Phi) is 5.00. The molecule has 0 saturated carbocycles. The van der Waals surface area contributed by atoms with Gasteiger partial charge < -0.3 is 5.32 Å². The highest BCUT2D eigenvalue weighted by Gasteiger charge is 2.29. The third-order valence-corrected chi connectivity index (χ3v) is 6.07. The lowest BCUT2D eigenvalue weighted by atomic mass is 10.2. The number of likely N-dealkylation sites (N-methyl/N-ethyl adjacent to an activating group) is 1. The second kappa shape index (κ2) is 6.32. The van der Waals surface area contributed by atoms with Crippen molar-refractivity contribution in [1.29, 1.82) is 0 Å². The molecule has 2 N–H and O–H groups in total. The van der Waals surface area contributed by atoms with E-state index < -0.39 is 10.0 Å². The fourth-order valence-corrected chi connectivity index (χ4v) is 4.50. The van der Waals surface area contributed by atoms with E-state index in [0.29, 0.717) is 12.6 Å². The summed E-state index contributed by atoms with van der Waals surface area (Å²) in [4.78, 5) is 2.37. The molecule has 0 radical (unpaired) electrons. The molecule has 18 heavy (non-hydrogen) atoms. The summed E-state index contributed by atoms with van der Waals surface area (Å²) in [5, 5.41) is 3.00. The molecule has 2 aliphatic rings. The van der Waals surface area contributed by atoms with Crippen molar-refractivity contribution in [3.8, 4) is 0 Å². The highest BCUT2D eigenvalue weighted by atomic mass is 32.2. The second-order valence-electron chi connectivity index (χ2n) is 5.27. The average molecular weight is 275 g/mol. The molecule has 2 aliphatic heterocycles. The van der Waals surface area contributed by atoms with Crippen LogP contribution < -0.4 is 10.0 Å². The normalized spacial score (nSPS) is 27.7. The van der Waals surface area contributed by atoms with Crippen LogP contribution in [-0.2, 0) is 10.0 Å². The lowest BCUT2D eigenvalue weighted by Crippen LogP contribution is -2.46. The Morgan fingerprint density at radius 3 is 2.67 bits per heavy atom. The topological polar surface area (TPSA) is 61.4 Å². The van der Waals surface area contributed by atoms with Gasteiger partial charge in [0.25, 0.3) is 0 Å². The van der Waals surface area contributed by atoms with E-state index in [4.69, 9.17) is 0 Å². The SMILES string of the molecule is CCN1CCCC1CNS(=O)(=O)C1CCNCC1. The number of sulfonamides is 1. The lowest BCUT2D eigenvalue weighted by molar-refractivity contribution is 0.267. The van der Waals surface area contributed by atoms with Crippen LogP contribution in [0.1, 0.15) is 32.6 Å². The van der Waals surface area contributed by atoms with Crippen LogP contribution in [-0.4, -0.2) is 57.3 Å². The van der Waals surface area contributed by atoms with Crippen LogP contribution in [0.3, 0.4) is 0 Å². The van der Waals surface area contributed by atoms with Gasteiger partial charge in [-0.1, -0.05) is 6.92 Å². The van der Waals surface area contributed by atoms with Crippen molar-refractivity contribution in [2.24, 2.45) is 0 Å². The molecule has 0 spiro atoms. The fourth-order valence-electron chi connectivity index (χ4n) is 2.98. The van der Waals surface area contributed by atoms with Crippen molar-refractivity contribution in [1.82, 2.24) is 14.9 Å². The van der Waals surface area contributed by atoms with Crippen molar-refractivity contribution >= 4 is 10.0 Å². The minimum Gasteiger partial charge on any atom is -0.317 e. The standard InChI is InChI=1S/C12H25N3O2S/c1-2-15-9-3-4-11(15)10-14-18(16,17)12-5-7-13-8-6-12/h11-14H,2-10H2,1H3. The van der Waals surface area contributed by atoms with Gasteiger partial charge in [-0.15, -0.1) is 0 Å². The first-order chi connectivity index (χ1) is 8.63. The fraction of sp³-hybridized carbons (Fsp3) is 1.00. The first-order valence-corrected chi connectivity index (χ1v) is 8.61. The van der Waals surface area contributed by atoms with Crippen LogP contribution in [0.25, 0.3) is 0 Å². The number of hydrogen-bond donors (Lipinski definition) is 2. The van der Waals surface area contributed by atoms with Gasteiger partial charge in [0.2, 0.25) is 10.0 Å². The van der Waals surface area contributed by atoms with Crippen LogP contribution >= 0.6 is 0 Å². The Hall–Kier alpha value is -0.170. The summed E-state index contributed by atoms with van der Waals surface area (Å²) in [5.41, 5.74) is 0. The number of piperidine rings is 1. The number of nitrogens with one attached hydrogen (secondary N) is 2. The zero-order valence-electron chi connectivity index (χ0n) is 11.2. The first-order valence-electron chi connectivity index (χ1n) is 7.06. The van der Waals surface area contributed by atoms with Gasteiger partial charge in [-0.2, -0.15) is 0 Å². The van der Waals surface area contributed by atoms with Gasteiger partial charge in [-0.25, -0.2) is 13.1 Å². The molecule has 0 aliphatic carbocycles. The van der Waals surface area contributed by atoms with Gasteiger partial charge in [0.15, 0.2) is 0 Å². The average Bonchev–Trinajstić information content (AvgIpc) is 2.85. The molecule has 2 heterocycles. The number of nitrogens with zero attached hydrogens (tertiary/aromatic N) is 1. The Morgan fingerprint density at radius 1 is 1.28 bits per heavy atom. The zero-order valence-corrected chi connectivity index (χ0v) is 12.0. The summed E-state index contributed by atoms with van der Waals surface area (Å²) >= 11 is 0. The predicted octanol–water partition coefficient (Wildman–Crippen LogP) is 0.142. The van der Waals surface area contributed by atoms with E-state index >= 15 is 0 Å². The molecule has 2 fully saturated rings. The zero-order chi connectivity index (χ0) is 13.0. The van der Waals surface area contributed by atoms with Crippen LogP contribution in [0.15, 0.2) is 0 Å². The van der Waals surface area contributed by atoms with Crippen molar-refractivity contribution in [3.05, 3.63) is 0 Å². The van der Waals surface area contributed by atoms with Gasteiger partial charge in [-0.05, 0) is 51.9 Å². The van der Waals surface area contributed by atoms with E-state index in [1.54, 1.807) is 0 Å². The van der Waals surface area contributed by atoms with Gasteiger partial charge in [0, 0.05) is 12.6 Å². The third-order valence-electron chi connectivity index (χ3n) is 4.15. The molecule has 1 atom stereocenters. The molecule has 1 unspecified atom stereocenters. The maximum Gasteiger partial charge on any atom is 0.214 e. The number of hydrogen-bond acceptors (Lipinski definition) is 4. The van der Waals surface area contributed by atoms with Crippen LogP contribution in [0.2, 0.25) is 0 Å². The van der Waals surface area contributed by atoms with Crippen LogP contribution in [0.5, 0.6) is 0 Å². The third kappa shape index (κ3) is 3.44. The smallest absolute Gasteiger partial charge is 0.214 e. The van der Waals surface area contributed by atoms with E-state index in [0.717, 1.165) is 45.4 Å². The maximum atomic E-state index is 12.2. The molecule has 0 aromatic heterocycles. The summed E-state index contributed by atoms with van der Waals surface area (Å²) < 4.78 is 27.2. The van der Waals surface area contributed by atoms with E-state index in [-0.39, 0.29) is 5.25 Å². The van der Waals surface area contributed by atoms with E-state index in [9.17, 15) is 8.42 Å². The van der Waals surface area contributed by atoms with Crippen molar-refractivity contribution < 1.29 is 8.42 Å². The molecule has 0 aromatic carbocycles. The molecule has 0 bridgehead atoms. The molecule has 2 rings (SSSR count). The van der Waals surface area contributed by atoms with Gasteiger partial charge in [-0.3, -0.25) is 4.90 Å².